The predicted octanol–water partition coefficient (Wildman–Crippen LogP) is 2.21. The Labute approximate surface area is 127 Å². The maximum Gasteiger partial charge on any atom is 0.223 e. The van der Waals surface area contributed by atoms with Crippen LogP contribution in [0.2, 0.25) is 0 Å². The quantitative estimate of drug-likeness (QED) is 0.863. The molecule has 0 bridgehead atoms. The number of amides is 1. The molecule has 0 aromatic carbocycles. The summed E-state index contributed by atoms with van der Waals surface area (Å²) in [6.45, 7) is 4.27. The van der Waals surface area contributed by atoms with Gasteiger partial charge in [-0.25, -0.2) is 0 Å². The van der Waals surface area contributed by atoms with Crippen molar-refractivity contribution in [3.63, 3.8) is 0 Å². The molecule has 2 aliphatic rings. The maximum atomic E-state index is 12.2. The largest absolute Gasteiger partial charge is 0.484 e. The van der Waals surface area contributed by atoms with Gasteiger partial charge in [0, 0.05) is 19.0 Å². The Balaban J connectivity index is 2.07. The lowest BCUT2D eigenvalue weighted by molar-refractivity contribution is -0.146. The summed E-state index contributed by atoms with van der Waals surface area (Å²) in [4.78, 5) is 15.3. The fraction of sp³-hybridized carbons (Fsp3) is 0.600. The molecule has 21 heavy (non-hydrogen) atoms. The van der Waals surface area contributed by atoms with Crippen LogP contribution in [-0.2, 0) is 4.79 Å². The molecule has 1 amide bonds. The second kappa shape index (κ2) is 5.00. The van der Waals surface area contributed by atoms with Crippen LogP contribution in [0.3, 0.4) is 0 Å². The molecule has 0 aliphatic carbocycles. The second-order valence-corrected chi connectivity index (χ2v) is 7.17. The van der Waals surface area contributed by atoms with Crippen molar-refractivity contribution in [1.29, 1.82) is 5.26 Å². The van der Waals surface area contributed by atoms with Crippen LogP contribution in [0.15, 0.2) is 6.07 Å². The van der Waals surface area contributed by atoms with Gasteiger partial charge in [0.2, 0.25) is 5.91 Å². The van der Waals surface area contributed by atoms with E-state index in [2.05, 4.69) is 6.07 Å². The Hall–Kier alpha value is -1.58. The van der Waals surface area contributed by atoms with E-state index in [9.17, 15) is 9.90 Å². The van der Waals surface area contributed by atoms with Gasteiger partial charge in [-0.2, -0.15) is 5.26 Å². The van der Waals surface area contributed by atoms with Crippen molar-refractivity contribution < 1.29 is 14.6 Å². The summed E-state index contributed by atoms with van der Waals surface area (Å²) < 4.78 is 5.84. The number of nitrogens with zero attached hydrogens (tertiary/aromatic N) is 2. The highest BCUT2D eigenvalue weighted by Crippen LogP contribution is 2.47. The molecular formula is C15H18N2O3S. The number of nitriles is 1. The third-order valence-electron chi connectivity index (χ3n) is 4.18. The zero-order valence-corrected chi connectivity index (χ0v) is 12.9. The van der Waals surface area contributed by atoms with E-state index in [1.54, 1.807) is 11.0 Å². The monoisotopic (exact) mass is 306 g/mol. The number of fused-ring (bicyclic) bond motifs is 1. The van der Waals surface area contributed by atoms with Crippen LogP contribution >= 0.6 is 11.3 Å². The normalized spacial score (nSPS) is 27.7. The first-order chi connectivity index (χ1) is 9.94. The highest BCUT2D eigenvalue weighted by Gasteiger charge is 2.48. The highest BCUT2D eigenvalue weighted by atomic mass is 32.1. The Kier molecular flexibility index (Phi) is 3.42. The Bertz CT molecular complexity index is 617. The Morgan fingerprint density at radius 2 is 2.29 bits per heavy atom. The zero-order valence-electron chi connectivity index (χ0n) is 12.1. The van der Waals surface area contributed by atoms with Crippen molar-refractivity contribution in [2.45, 2.75) is 50.9 Å². The van der Waals surface area contributed by atoms with Crippen molar-refractivity contribution >= 4 is 17.2 Å². The van der Waals surface area contributed by atoms with Gasteiger partial charge in [0.05, 0.1) is 10.9 Å². The lowest BCUT2D eigenvalue weighted by Gasteiger charge is -2.46. The van der Waals surface area contributed by atoms with Gasteiger partial charge in [0.25, 0.3) is 0 Å². The summed E-state index contributed by atoms with van der Waals surface area (Å²) in [6, 6.07) is 3.40. The summed E-state index contributed by atoms with van der Waals surface area (Å²) in [5.41, 5.74) is -0.788. The van der Waals surface area contributed by atoms with Gasteiger partial charge in [0.15, 0.2) is 0 Å². The minimum absolute atomic E-state index is 0.0702. The zero-order chi connectivity index (χ0) is 15.2. The summed E-state index contributed by atoms with van der Waals surface area (Å²) in [5, 5.41) is 19.8. The van der Waals surface area contributed by atoms with Gasteiger partial charge in [-0.05, 0) is 26.7 Å². The maximum absolute atomic E-state index is 12.2. The molecular weight excluding hydrogens is 288 g/mol. The average molecular weight is 306 g/mol. The van der Waals surface area contributed by atoms with Crippen LogP contribution in [-0.4, -0.2) is 34.2 Å². The van der Waals surface area contributed by atoms with E-state index in [1.807, 2.05) is 13.8 Å². The van der Waals surface area contributed by atoms with Crippen LogP contribution in [0.25, 0.3) is 0 Å². The van der Waals surface area contributed by atoms with E-state index < -0.39 is 17.7 Å². The van der Waals surface area contributed by atoms with Crippen LogP contribution in [0.4, 0.5) is 0 Å². The number of hydrogen-bond acceptors (Lipinski definition) is 5. The number of piperidine rings is 1. The van der Waals surface area contributed by atoms with Crippen LogP contribution in [0.5, 0.6) is 5.75 Å². The standard InChI is InChI=1S/C15H18N2O3S/c1-15(2)14(19)12(17-6-4-3-5-11(17)18)13-10(20-15)7-9(8-16)21-13/h7,12,14,19H,3-6H2,1-2H3. The molecule has 1 saturated heterocycles. The molecule has 0 spiro atoms. The van der Waals surface area contributed by atoms with Crippen molar-refractivity contribution in [2.24, 2.45) is 0 Å². The van der Waals surface area contributed by atoms with E-state index >= 15 is 0 Å². The van der Waals surface area contributed by atoms with E-state index in [4.69, 9.17) is 10.00 Å². The molecule has 0 radical (unpaired) electrons. The van der Waals surface area contributed by atoms with Gasteiger partial charge in [0.1, 0.15) is 28.4 Å². The molecule has 1 aromatic heterocycles. The lowest BCUT2D eigenvalue weighted by atomic mass is 9.88. The molecule has 3 rings (SSSR count). The first-order valence-corrected chi connectivity index (χ1v) is 7.96. The molecule has 1 N–H and O–H groups in total. The molecule has 2 aliphatic heterocycles. The van der Waals surface area contributed by atoms with Crippen molar-refractivity contribution in [1.82, 2.24) is 4.90 Å². The summed E-state index contributed by atoms with van der Waals surface area (Å²) in [5.74, 6) is 0.691. The van der Waals surface area contributed by atoms with Crippen LogP contribution in [0, 0.1) is 11.3 Å². The van der Waals surface area contributed by atoms with Crippen molar-refractivity contribution in [3.05, 3.63) is 15.8 Å². The van der Waals surface area contributed by atoms with Gasteiger partial charge < -0.3 is 14.7 Å². The van der Waals surface area contributed by atoms with Crippen molar-refractivity contribution in [2.75, 3.05) is 6.54 Å². The number of likely N-dealkylation sites (tertiary alicyclic amines) is 1. The SMILES string of the molecule is CC1(C)Oc2cc(C#N)sc2C(N2CCCCC2=O)C1O. The molecule has 112 valence electrons. The third-order valence-corrected chi connectivity index (χ3v) is 5.28. The Morgan fingerprint density at radius 3 is 2.95 bits per heavy atom. The molecule has 1 aromatic rings. The van der Waals surface area contributed by atoms with Gasteiger partial charge in [-0.3, -0.25) is 4.79 Å². The fourth-order valence-electron chi connectivity index (χ4n) is 3.03. The molecule has 1 fully saturated rings. The number of hydrogen-bond donors (Lipinski definition) is 1. The van der Waals surface area contributed by atoms with E-state index in [0.29, 0.717) is 23.6 Å². The van der Waals surface area contributed by atoms with Crippen LogP contribution in [0.1, 0.15) is 48.9 Å². The van der Waals surface area contributed by atoms with E-state index in [1.165, 1.54) is 11.3 Å². The minimum atomic E-state index is -0.808. The first-order valence-electron chi connectivity index (χ1n) is 7.14. The predicted molar refractivity (Wildman–Crippen MR) is 78.1 cm³/mol. The molecule has 0 saturated carbocycles. The number of thiophene rings is 1. The number of aliphatic hydroxyl groups excluding tert-OH is 1. The first kappa shape index (κ1) is 14.4. The molecule has 2 unspecified atom stereocenters. The van der Waals surface area contributed by atoms with E-state index in [0.717, 1.165) is 17.7 Å². The number of rotatable bonds is 1. The van der Waals surface area contributed by atoms with Crippen molar-refractivity contribution in [3.8, 4) is 11.8 Å². The molecule has 2 atom stereocenters. The fourth-order valence-corrected chi connectivity index (χ4v) is 4.06. The third kappa shape index (κ3) is 2.30. The van der Waals surface area contributed by atoms with Gasteiger partial charge in [-0.15, -0.1) is 11.3 Å². The number of ether oxygens (including phenoxy) is 1. The van der Waals surface area contributed by atoms with E-state index in [-0.39, 0.29) is 5.91 Å². The van der Waals surface area contributed by atoms with Gasteiger partial charge >= 0.3 is 0 Å². The second-order valence-electron chi connectivity index (χ2n) is 6.09. The lowest BCUT2D eigenvalue weighted by Crippen LogP contribution is -2.55. The van der Waals surface area contributed by atoms with Crippen LogP contribution < -0.4 is 4.74 Å². The Morgan fingerprint density at radius 1 is 1.52 bits per heavy atom. The minimum Gasteiger partial charge on any atom is -0.484 e. The summed E-state index contributed by atoms with van der Waals surface area (Å²) in [6.07, 6.45) is 1.56. The topological polar surface area (TPSA) is 73.6 Å². The highest BCUT2D eigenvalue weighted by molar-refractivity contribution is 7.13. The number of carbonyl (C=O) groups is 1. The number of carbonyl (C=O) groups excluding carboxylic acids is 1. The summed E-state index contributed by atoms with van der Waals surface area (Å²) >= 11 is 1.30. The van der Waals surface area contributed by atoms with Gasteiger partial charge in [-0.1, -0.05) is 0 Å². The smallest absolute Gasteiger partial charge is 0.223 e. The molecule has 6 heteroatoms. The average Bonchev–Trinajstić information content (AvgIpc) is 2.83. The number of aliphatic hydroxyl groups is 1. The molecule has 5 nitrogen and oxygen atoms in total. The molecule has 3 heterocycles. The summed E-state index contributed by atoms with van der Waals surface area (Å²) in [7, 11) is 0.